The summed E-state index contributed by atoms with van der Waals surface area (Å²) in [4.78, 5) is 9.49. The van der Waals surface area contributed by atoms with Crippen LogP contribution in [0.2, 0.25) is 0 Å². The van der Waals surface area contributed by atoms with Crippen LogP contribution in [0.4, 0.5) is 0 Å². The monoisotopic (exact) mass is 147 g/mol. The Kier molecular flexibility index (Phi) is 2.98. The Bertz CT molecular complexity index is 141. The first kappa shape index (κ1) is 9.06. The molecule has 10 heavy (non-hydrogen) atoms. The lowest BCUT2D eigenvalue weighted by atomic mass is 10.5. The summed E-state index contributed by atoms with van der Waals surface area (Å²) in [6, 6.07) is 0. The molecule has 0 fully saturated rings. The van der Waals surface area contributed by atoms with Gasteiger partial charge in [-0.3, -0.25) is 19.6 Å². The minimum atomic E-state index is -1.89. The van der Waals surface area contributed by atoms with Gasteiger partial charge in [0.25, 0.3) is 0 Å². The predicted molar refractivity (Wildman–Crippen MR) is 33.9 cm³/mol. The van der Waals surface area contributed by atoms with Crippen LogP contribution in [0.3, 0.4) is 0 Å². The topological polar surface area (TPSA) is 61.6 Å². The van der Waals surface area contributed by atoms with Crippen molar-refractivity contribution < 1.29 is 14.4 Å². The molecule has 5 nitrogen and oxygen atoms in total. The summed E-state index contributed by atoms with van der Waals surface area (Å²) in [5.74, 6) is -1.89. The maximum Gasteiger partial charge on any atom is 0.462 e. The van der Waals surface area contributed by atoms with E-state index in [0.29, 0.717) is 0 Å². The van der Waals surface area contributed by atoms with E-state index >= 15 is 0 Å². The largest absolute Gasteiger partial charge is 0.462 e. The summed E-state index contributed by atoms with van der Waals surface area (Å²) in [5.41, 5.74) is 0. The Balaban J connectivity index is 4.46. The van der Waals surface area contributed by atoms with Crippen molar-refractivity contribution in [3.05, 3.63) is 22.8 Å². The van der Waals surface area contributed by atoms with Gasteiger partial charge in [0.1, 0.15) is 0 Å². The van der Waals surface area contributed by atoms with Crippen molar-refractivity contribution in [3.8, 4) is 0 Å². The maximum absolute atomic E-state index is 10.2. The predicted octanol–water partition coefficient (Wildman–Crippen LogP) is 0.396. The molecule has 0 radical (unpaired) electrons. The van der Waals surface area contributed by atoms with E-state index in [1.807, 2.05) is 0 Å². The molecule has 0 aliphatic rings. The molecule has 0 atom stereocenters. The number of nitrogens with zero attached hydrogens (tertiary/aromatic N) is 1. The van der Waals surface area contributed by atoms with Crippen molar-refractivity contribution in [3.63, 3.8) is 0 Å². The molecule has 5 heteroatoms. The molecule has 0 rings (SSSR count). The molecule has 0 N–H and O–H groups in total. The van der Waals surface area contributed by atoms with Gasteiger partial charge in [-0.05, 0) is 0 Å². The lowest BCUT2D eigenvalue weighted by Crippen LogP contribution is -2.39. The van der Waals surface area contributed by atoms with Crippen molar-refractivity contribution in [2.24, 2.45) is 0 Å². The molecular weight excluding hydrogens is 138 g/mol. The first-order chi connectivity index (χ1) is 4.63. The quantitative estimate of drug-likeness (QED) is 0.250. The van der Waals surface area contributed by atoms with Crippen LogP contribution in [-0.4, -0.2) is 25.1 Å². The molecule has 0 saturated heterocycles. The molecule has 0 saturated carbocycles. The average molecular weight is 147 g/mol. The number of hydrogen-bond donors (Lipinski definition) is 0. The van der Waals surface area contributed by atoms with Gasteiger partial charge in [0.15, 0.2) is 0 Å². The van der Waals surface area contributed by atoms with Gasteiger partial charge >= 0.3 is 5.91 Å². The van der Waals surface area contributed by atoms with Gasteiger partial charge in [-0.15, -0.1) is 0 Å². The van der Waals surface area contributed by atoms with Gasteiger partial charge < -0.3 is 0 Å². The third-order valence-corrected chi connectivity index (χ3v) is 1.10. The SMILES string of the molecule is C=CC(OC)(OC)[N+](=O)[O-]. The van der Waals surface area contributed by atoms with Crippen LogP contribution >= 0.6 is 0 Å². The molecule has 0 aliphatic carbocycles. The highest BCUT2D eigenvalue weighted by Crippen LogP contribution is 2.11. The fourth-order valence-corrected chi connectivity index (χ4v) is 0.474. The third kappa shape index (κ3) is 1.31. The zero-order valence-electron chi connectivity index (χ0n) is 5.86. The molecule has 58 valence electrons. The van der Waals surface area contributed by atoms with Crippen LogP contribution in [0.5, 0.6) is 0 Å². The van der Waals surface area contributed by atoms with Crippen LogP contribution in [0.1, 0.15) is 0 Å². The smallest absolute Gasteiger partial charge is 0.291 e. The van der Waals surface area contributed by atoms with E-state index in [4.69, 9.17) is 0 Å². The molecule has 0 aromatic heterocycles. The molecular formula is C5H9NO4. The number of methoxy groups -OCH3 is 2. The summed E-state index contributed by atoms with van der Waals surface area (Å²) in [7, 11) is 2.35. The molecule has 0 heterocycles. The summed E-state index contributed by atoms with van der Waals surface area (Å²) in [5, 5.41) is 10.2. The zero-order valence-corrected chi connectivity index (χ0v) is 5.86. The van der Waals surface area contributed by atoms with Crippen LogP contribution in [0.15, 0.2) is 12.7 Å². The molecule has 0 aromatic carbocycles. The van der Waals surface area contributed by atoms with Gasteiger partial charge in [-0.1, -0.05) is 6.58 Å². The van der Waals surface area contributed by atoms with Crippen LogP contribution in [0, 0.1) is 10.1 Å². The first-order valence-corrected chi connectivity index (χ1v) is 2.51. The van der Waals surface area contributed by atoms with Crippen LogP contribution < -0.4 is 0 Å². The van der Waals surface area contributed by atoms with Crippen molar-refractivity contribution in [1.82, 2.24) is 0 Å². The summed E-state index contributed by atoms with van der Waals surface area (Å²) in [6.07, 6.45) is 0.979. The molecule has 0 aliphatic heterocycles. The fourth-order valence-electron chi connectivity index (χ4n) is 0.474. The van der Waals surface area contributed by atoms with Gasteiger partial charge in [0.05, 0.1) is 4.92 Å². The van der Waals surface area contributed by atoms with E-state index in [2.05, 4.69) is 16.1 Å². The molecule has 0 bridgehead atoms. The Morgan fingerprint density at radius 3 is 2.00 bits per heavy atom. The number of ether oxygens (including phenoxy) is 2. The number of rotatable bonds is 4. The summed E-state index contributed by atoms with van der Waals surface area (Å²) in [6.45, 7) is 3.20. The summed E-state index contributed by atoms with van der Waals surface area (Å²) < 4.78 is 8.92. The maximum atomic E-state index is 10.2. The third-order valence-electron chi connectivity index (χ3n) is 1.10. The molecule has 0 amide bonds. The highest BCUT2D eigenvalue weighted by molar-refractivity contribution is 4.79. The standard InChI is InChI=1S/C5H9NO4/c1-4-5(9-2,10-3)6(7)8/h4H,1H2,2-3H3. The van der Waals surface area contributed by atoms with Crippen molar-refractivity contribution in [2.75, 3.05) is 14.2 Å². The van der Waals surface area contributed by atoms with E-state index in [1.165, 1.54) is 14.2 Å². The second-order valence-corrected chi connectivity index (χ2v) is 1.50. The zero-order chi connectivity index (χ0) is 8.20. The van der Waals surface area contributed by atoms with Gasteiger partial charge in [0, 0.05) is 20.3 Å². The Labute approximate surface area is 58.4 Å². The van der Waals surface area contributed by atoms with Crippen molar-refractivity contribution in [2.45, 2.75) is 5.91 Å². The van der Waals surface area contributed by atoms with E-state index in [0.717, 1.165) is 6.08 Å². The van der Waals surface area contributed by atoms with E-state index < -0.39 is 10.8 Å². The first-order valence-electron chi connectivity index (χ1n) is 2.51. The number of hydrogen-bond acceptors (Lipinski definition) is 4. The normalized spacial score (nSPS) is 11.0. The van der Waals surface area contributed by atoms with E-state index in [-0.39, 0.29) is 0 Å². The van der Waals surface area contributed by atoms with Crippen LogP contribution in [-0.2, 0) is 9.47 Å². The van der Waals surface area contributed by atoms with Crippen molar-refractivity contribution in [1.29, 1.82) is 0 Å². The molecule has 0 spiro atoms. The van der Waals surface area contributed by atoms with Crippen molar-refractivity contribution >= 4 is 0 Å². The van der Waals surface area contributed by atoms with Crippen LogP contribution in [0.25, 0.3) is 0 Å². The van der Waals surface area contributed by atoms with E-state index in [9.17, 15) is 10.1 Å². The Hall–Kier alpha value is -0.940. The Morgan fingerprint density at radius 2 is 2.00 bits per heavy atom. The van der Waals surface area contributed by atoms with E-state index in [1.54, 1.807) is 0 Å². The minimum Gasteiger partial charge on any atom is -0.291 e. The lowest BCUT2D eigenvalue weighted by Gasteiger charge is -2.15. The molecule has 0 aromatic rings. The molecule has 0 unspecified atom stereocenters. The minimum absolute atomic E-state index is 0.708. The lowest BCUT2D eigenvalue weighted by molar-refractivity contribution is -0.669. The summed E-state index contributed by atoms with van der Waals surface area (Å²) >= 11 is 0. The highest BCUT2D eigenvalue weighted by atomic mass is 16.8. The average Bonchev–Trinajstić information content (AvgIpc) is 1.92. The van der Waals surface area contributed by atoms with Gasteiger partial charge in [-0.25, -0.2) is 0 Å². The highest BCUT2D eigenvalue weighted by Gasteiger charge is 2.40. The fraction of sp³-hybridized carbons (Fsp3) is 0.600. The Morgan fingerprint density at radius 1 is 1.60 bits per heavy atom. The van der Waals surface area contributed by atoms with Gasteiger partial charge in [-0.2, -0.15) is 0 Å². The second-order valence-electron chi connectivity index (χ2n) is 1.50. The van der Waals surface area contributed by atoms with Gasteiger partial charge in [0.2, 0.25) is 0 Å². The number of nitro groups is 1. The second kappa shape index (κ2) is 3.28.